The van der Waals surface area contributed by atoms with Crippen LogP contribution in [0.5, 0.6) is 0 Å². The first-order valence-corrected chi connectivity index (χ1v) is 10.5. The van der Waals surface area contributed by atoms with Crippen molar-refractivity contribution in [1.29, 1.82) is 0 Å². The maximum absolute atomic E-state index is 13.9. The summed E-state index contributed by atoms with van der Waals surface area (Å²) in [7, 11) is 0. The lowest BCUT2D eigenvalue weighted by molar-refractivity contribution is -0.130. The number of amides is 1. The van der Waals surface area contributed by atoms with Crippen LogP contribution in [0.25, 0.3) is 0 Å². The Labute approximate surface area is 170 Å². The maximum atomic E-state index is 13.9. The van der Waals surface area contributed by atoms with Crippen LogP contribution < -0.4 is 0 Å². The van der Waals surface area contributed by atoms with Crippen molar-refractivity contribution in [3.63, 3.8) is 0 Å². The highest BCUT2D eigenvalue weighted by Gasteiger charge is 2.33. The predicted octanol–water partition coefficient (Wildman–Crippen LogP) is 3.38. The van der Waals surface area contributed by atoms with Crippen LogP contribution >= 0.6 is 0 Å². The van der Waals surface area contributed by atoms with E-state index in [0.717, 1.165) is 63.5 Å². The molecule has 29 heavy (non-hydrogen) atoms. The molecular formula is C22H28F2N4O. The number of piperidine rings is 1. The molecule has 0 radical (unpaired) electrons. The Morgan fingerprint density at radius 1 is 1.14 bits per heavy atom. The molecule has 4 rings (SSSR count). The molecule has 156 valence electrons. The fourth-order valence-corrected chi connectivity index (χ4v) is 4.72. The van der Waals surface area contributed by atoms with Gasteiger partial charge in [-0.05, 0) is 62.2 Å². The van der Waals surface area contributed by atoms with Gasteiger partial charge in [-0.1, -0.05) is 12.1 Å². The fraction of sp³-hybridized carbons (Fsp3) is 0.545. The standard InChI is InChI=1S/C22H28F2N4O/c23-20-3-1-2-19(22(20)24)14-27-9-6-17(7-10-27)18-8-11-28(15-18)21(29)5-4-16-12-25-26-13-16/h1-3,12-13,17-18H,4-11,14-15H2,(H,25,26). The van der Waals surface area contributed by atoms with Gasteiger partial charge in [0.2, 0.25) is 5.91 Å². The number of hydrogen-bond acceptors (Lipinski definition) is 3. The van der Waals surface area contributed by atoms with Crippen LogP contribution in [0.1, 0.15) is 36.8 Å². The summed E-state index contributed by atoms with van der Waals surface area (Å²) in [6, 6.07) is 4.39. The van der Waals surface area contributed by atoms with Gasteiger partial charge >= 0.3 is 0 Å². The van der Waals surface area contributed by atoms with Gasteiger partial charge in [0.25, 0.3) is 0 Å². The summed E-state index contributed by atoms with van der Waals surface area (Å²) in [6.45, 7) is 3.95. The zero-order chi connectivity index (χ0) is 20.2. The van der Waals surface area contributed by atoms with Crippen molar-refractivity contribution in [1.82, 2.24) is 20.0 Å². The lowest BCUT2D eigenvalue weighted by Crippen LogP contribution is -2.37. The van der Waals surface area contributed by atoms with Crippen LogP contribution in [-0.4, -0.2) is 52.1 Å². The molecule has 1 aromatic carbocycles. The Kier molecular flexibility index (Phi) is 6.23. The molecule has 0 aliphatic carbocycles. The minimum atomic E-state index is -0.777. The molecular weight excluding hydrogens is 374 g/mol. The van der Waals surface area contributed by atoms with Gasteiger partial charge in [-0.25, -0.2) is 8.78 Å². The van der Waals surface area contributed by atoms with Crippen molar-refractivity contribution in [3.05, 3.63) is 53.4 Å². The minimum Gasteiger partial charge on any atom is -0.342 e. The maximum Gasteiger partial charge on any atom is 0.222 e. The molecule has 2 aromatic rings. The minimum absolute atomic E-state index is 0.229. The highest BCUT2D eigenvalue weighted by molar-refractivity contribution is 5.76. The van der Waals surface area contributed by atoms with Crippen molar-refractivity contribution >= 4 is 5.91 Å². The lowest BCUT2D eigenvalue weighted by Gasteiger charge is -2.35. The van der Waals surface area contributed by atoms with Gasteiger partial charge in [-0.15, -0.1) is 0 Å². The second-order valence-corrected chi connectivity index (χ2v) is 8.32. The monoisotopic (exact) mass is 402 g/mol. The van der Waals surface area contributed by atoms with Gasteiger partial charge in [-0.2, -0.15) is 5.10 Å². The first kappa shape index (κ1) is 20.0. The number of aromatic amines is 1. The van der Waals surface area contributed by atoms with E-state index >= 15 is 0 Å². The number of likely N-dealkylation sites (tertiary alicyclic amines) is 2. The number of carbonyl (C=O) groups excluding carboxylic acids is 1. The average molecular weight is 402 g/mol. The van der Waals surface area contributed by atoms with Crippen molar-refractivity contribution in [3.8, 4) is 0 Å². The molecule has 1 amide bonds. The average Bonchev–Trinajstić information content (AvgIpc) is 3.42. The number of benzene rings is 1. The Morgan fingerprint density at radius 3 is 2.69 bits per heavy atom. The lowest BCUT2D eigenvalue weighted by atomic mass is 9.83. The fourth-order valence-electron chi connectivity index (χ4n) is 4.72. The molecule has 1 atom stereocenters. The number of hydrogen-bond donors (Lipinski definition) is 1. The third-order valence-electron chi connectivity index (χ3n) is 6.48. The van der Waals surface area contributed by atoms with Crippen molar-refractivity contribution in [2.45, 2.75) is 38.6 Å². The highest BCUT2D eigenvalue weighted by atomic mass is 19.2. The number of aryl methyl sites for hydroxylation is 1. The summed E-state index contributed by atoms with van der Waals surface area (Å²) in [5.74, 6) is -0.111. The molecule has 2 fully saturated rings. The largest absolute Gasteiger partial charge is 0.342 e. The van der Waals surface area contributed by atoms with Crippen LogP contribution in [0.15, 0.2) is 30.6 Å². The first-order valence-electron chi connectivity index (χ1n) is 10.5. The molecule has 0 bridgehead atoms. The summed E-state index contributed by atoms with van der Waals surface area (Å²) in [5, 5.41) is 6.70. The Bertz CT molecular complexity index is 818. The van der Waals surface area contributed by atoms with E-state index in [9.17, 15) is 13.6 Å². The first-order chi connectivity index (χ1) is 14.1. The summed E-state index contributed by atoms with van der Waals surface area (Å²) in [5.41, 5.74) is 1.50. The van der Waals surface area contributed by atoms with Gasteiger partial charge in [0.1, 0.15) is 0 Å². The number of halogens is 2. The van der Waals surface area contributed by atoms with E-state index in [1.54, 1.807) is 18.3 Å². The number of H-pyrrole nitrogens is 1. The van der Waals surface area contributed by atoms with Crippen LogP contribution in [0, 0.1) is 23.5 Å². The van der Waals surface area contributed by atoms with Crippen LogP contribution in [0.3, 0.4) is 0 Å². The number of rotatable bonds is 6. The molecule has 5 nitrogen and oxygen atoms in total. The highest BCUT2D eigenvalue weighted by Crippen LogP contribution is 2.32. The molecule has 0 saturated carbocycles. The third kappa shape index (κ3) is 4.83. The smallest absolute Gasteiger partial charge is 0.222 e. The predicted molar refractivity (Wildman–Crippen MR) is 106 cm³/mol. The Balaban J connectivity index is 1.22. The van der Waals surface area contributed by atoms with E-state index in [0.29, 0.717) is 30.4 Å². The van der Waals surface area contributed by atoms with Gasteiger partial charge < -0.3 is 4.90 Å². The van der Waals surface area contributed by atoms with E-state index in [2.05, 4.69) is 15.1 Å². The van der Waals surface area contributed by atoms with Gasteiger partial charge in [0.15, 0.2) is 11.6 Å². The molecule has 7 heteroatoms. The number of carbonyl (C=O) groups is 1. The van der Waals surface area contributed by atoms with Crippen LogP contribution in [0.2, 0.25) is 0 Å². The summed E-state index contributed by atoms with van der Waals surface area (Å²) in [6.07, 6.45) is 8.04. The van der Waals surface area contributed by atoms with E-state index in [1.807, 2.05) is 11.1 Å². The van der Waals surface area contributed by atoms with Gasteiger partial charge in [0, 0.05) is 37.8 Å². The zero-order valence-corrected chi connectivity index (χ0v) is 16.6. The SMILES string of the molecule is O=C(CCc1cn[nH]c1)N1CCC(C2CCN(Cc3cccc(F)c3F)CC2)C1. The van der Waals surface area contributed by atoms with Gasteiger partial charge in [-0.3, -0.25) is 14.8 Å². The van der Waals surface area contributed by atoms with Gasteiger partial charge in [0.05, 0.1) is 6.20 Å². The molecule has 0 spiro atoms. The molecule has 3 heterocycles. The Hall–Kier alpha value is -2.28. The van der Waals surface area contributed by atoms with Crippen LogP contribution in [0.4, 0.5) is 8.78 Å². The zero-order valence-electron chi connectivity index (χ0n) is 16.6. The molecule has 2 saturated heterocycles. The molecule has 2 aliphatic rings. The second kappa shape index (κ2) is 9.03. The normalized spacial score (nSPS) is 21.0. The molecule has 1 aromatic heterocycles. The topological polar surface area (TPSA) is 52.2 Å². The number of nitrogens with one attached hydrogen (secondary N) is 1. The van der Waals surface area contributed by atoms with E-state index in [4.69, 9.17) is 0 Å². The Morgan fingerprint density at radius 2 is 1.93 bits per heavy atom. The van der Waals surface area contributed by atoms with Crippen molar-refractivity contribution in [2.24, 2.45) is 11.8 Å². The van der Waals surface area contributed by atoms with Crippen molar-refractivity contribution < 1.29 is 13.6 Å². The quantitative estimate of drug-likeness (QED) is 0.806. The second-order valence-electron chi connectivity index (χ2n) is 8.32. The molecule has 1 unspecified atom stereocenters. The number of aromatic nitrogens is 2. The molecule has 1 N–H and O–H groups in total. The van der Waals surface area contributed by atoms with Crippen molar-refractivity contribution in [2.75, 3.05) is 26.2 Å². The summed E-state index contributed by atoms with van der Waals surface area (Å²) in [4.78, 5) is 16.7. The number of nitrogens with zero attached hydrogens (tertiary/aromatic N) is 3. The van der Waals surface area contributed by atoms with E-state index in [1.165, 1.54) is 0 Å². The van der Waals surface area contributed by atoms with Crippen LogP contribution in [-0.2, 0) is 17.8 Å². The summed E-state index contributed by atoms with van der Waals surface area (Å²) < 4.78 is 27.3. The van der Waals surface area contributed by atoms with E-state index in [-0.39, 0.29) is 5.91 Å². The van der Waals surface area contributed by atoms with E-state index < -0.39 is 11.6 Å². The third-order valence-corrected chi connectivity index (χ3v) is 6.48. The molecule has 2 aliphatic heterocycles. The summed E-state index contributed by atoms with van der Waals surface area (Å²) >= 11 is 0.